The molecule has 0 saturated carbocycles. The molecule has 1 amide bonds. The summed E-state index contributed by atoms with van der Waals surface area (Å²) in [5.74, 6) is -0.294. The van der Waals surface area contributed by atoms with Gasteiger partial charge in [0.2, 0.25) is 10.0 Å². The first-order valence-electron chi connectivity index (χ1n) is 9.07. The van der Waals surface area contributed by atoms with Crippen molar-refractivity contribution in [3.63, 3.8) is 0 Å². The van der Waals surface area contributed by atoms with Gasteiger partial charge in [0.15, 0.2) is 0 Å². The average molecular weight is 441 g/mol. The molecule has 2 aromatic rings. The van der Waals surface area contributed by atoms with Gasteiger partial charge in [-0.05, 0) is 30.3 Å². The Morgan fingerprint density at radius 1 is 1.14 bits per heavy atom. The number of carbonyl (C=O) groups is 1. The lowest BCUT2D eigenvalue weighted by Gasteiger charge is -2.20. The molecule has 0 unspecified atom stereocenters. The van der Waals surface area contributed by atoms with Gasteiger partial charge >= 0.3 is 0 Å². The zero-order valence-electron chi connectivity index (χ0n) is 16.4. The van der Waals surface area contributed by atoms with Gasteiger partial charge in [0.05, 0.1) is 10.6 Å². The highest BCUT2D eigenvalue weighted by atomic mass is 35.5. The zero-order chi connectivity index (χ0) is 20.9. The lowest BCUT2D eigenvalue weighted by atomic mass is 10.2. The Morgan fingerprint density at radius 3 is 2.39 bits per heavy atom. The first-order chi connectivity index (χ1) is 13.2. The summed E-state index contributed by atoms with van der Waals surface area (Å²) in [5, 5.41) is 3.25. The number of nitrogens with one attached hydrogen (secondary N) is 1. The number of carbonyl (C=O) groups excluding carboxylic acids is 1. The Morgan fingerprint density at radius 2 is 1.79 bits per heavy atom. The molecular weight excluding hydrogens is 416 g/mol. The van der Waals surface area contributed by atoms with Crippen LogP contribution in [0.5, 0.6) is 0 Å². The molecule has 0 aliphatic carbocycles. The van der Waals surface area contributed by atoms with Gasteiger partial charge in [-0.1, -0.05) is 51.4 Å². The number of hydrogen-bond donors (Lipinski definition) is 1. The standard InChI is InChI=1S/C20H25ClN2O3S2/c1-5-23(6-2)28(25,26)19-13-15(11-12-17(19)21)22-20(24)16-9-7-8-10-18(16)27-14(3)4/h7-14H,5-6H2,1-4H3,(H,22,24). The lowest BCUT2D eigenvalue weighted by molar-refractivity contribution is 0.102. The number of hydrogen-bond acceptors (Lipinski definition) is 4. The van der Waals surface area contributed by atoms with Crippen molar-refractivity contribution >= 4 is 45.0 Å². The molecule has 0 spiro atoms. The van der Waals surface area contributed by atoms with Crippen LogP contribution >= 0.6 is 23.4 Å². The zero-order valence-corrected chi connectivity index (χ0v) is 18.8. The van der Waals surface area contributed by atoms with Crippen LogP contribution in [0, 0.1) is 0 Å². The van der Waals surface area contributed by atoms with Crippen LogP contribution in [0.15, 0.2) is 52.3 Å². The summed E-state index contributed by atoms with van der Waals surface area (Å²) < 4.78 is 27.0. The summed E-state index contributed by atoms with van der Waals surface area (Å²) in [6, 6.07) is 11.8. The van der Waals surface area contributed by atoms with Crippen LogP contribution in [0.2, 0.25) is 5.02 Å². The van der Waals surface area contributed by atoms with Crippen molar-refractivity contribution in [2.75, 3.05) is 18.4 Å². The third kappa shape index (κ3) is 5.29. The second-order valence-electron chi connectivity index (χ2n) is 6.35. The predicted octanol–water partition coefficient (Wildman–Crippen LogP) is 5.12. The molecule has 2 aromatic carbocycles. The van der Waals surface area contributed by atoms with E-state index < -0.39 is 10.0 Å². The van der Waals surface area contributed by atoms with E-state index in [-0.39, 0.29) is 15.8 Å². The Balaban J connectivity index is 2.35. The Labute approximate surface area is 176 Å². The first kappa shape index (κ1) is 22.7. The van der Waals surface area contributed by atoms with E-state index in [1.165, 1.54) is 16.4 Å². The third-order valence-electron chi connectivity index (χ3n) is 4.01. The minimum atomic E-state index is -3.73. The molecule has 1 N–H and O–H groups in total. The van der Waals surface area contributed by atoms with Crippen molar-refractivity contribution in [3.8, 4) is 0 Å². The summed E-state index contributed by atoms with van der Waals surface area (Å²) in [6.07, 6.45) is 0. The van der Waals surface area contributed by atoms with Crippen LogP contribution in [0.4, 0.5) is 5.69 Å². The Kier molecular flexibility index (Phi) is 7.95. The molecule has 0 aromatic heterocycles. The van der Waals surface area contributed by atoms with Crippen molar-refractivity contribution in [2.24, 2.45) is 0 Å². The van der Waals surface area contributed by atoms with Crippen molar-refractivity contribution in [2.45, 2.75) is 42.7 Å². The normalized spacial score (nSPS) is 11.8. The summed E-state index contributed by atoms with van der Waals surface area (Å²) in [7, 11) is -3.73. The monoisotopic (exact) mass is 440 g/mol. The topological polar surface area (TPSA) is 66.5 Å². The first-order valence-corrected chi connectivity index (χ1v) is 11.8. The van der Waals surface area contributed by atoms with Crippen LogP contribution < -0.4 is 5.32 Å². The SMILES string of the molecule is CCN(CC)S(=O)(=O)c1cc(NC(=O)c2ccccc2SC(C)C)ccc1Cl. The summed E-state index contributed by atoms with van der Waals surface area (Å²) in [5.41, 5.74) is 0.925. The van der Waals surface area contributed by atoms with Gasteiger partial charge in [-0.15, -0.1) is 11.8 Å². The highest BCUT2D eigenvalue weighted by Crippen LogP contribution is 2.30. The van der Waals surface area contributed by atoms with Gasteiger partial charge in [0.25, 0.3) is 5.91 Å². The Hall–Kier alpha value is -1.54. The maximum atomic E-state index is 12.8. The van der Waals surface area contributed by atoms with Crippen LogP contribution in [0.1, 0.15) is 38.1 Å². The predicted molar refractivity (Wildman–Crippen MR) is 117 cm³/mol. The molecule has 0 saturated heterocycles. The molecule has 5 nitrogen and oxygen atoms in total. The fourth-order valence-corrected chi connectivity index (χ4v) is 5.60. The van der Waals surface area contributed by atoms with Gasteiger partial charge in [-0.25, -0.2) is 8.42 Å². The maximum absolute atomic E-state index is 12.8. The van der Waals surface area contributed by atoms with E-state index in [0.717, 1.165) is 4.90 Å². The minimum absolute atomic E-state index is 0.0134. The molecule has 0 atom stereocenters. The largest absolute Gasteiger partial charge is 0.322 e. The van der Waals surface area contributed by atoms with Crippen LogP contribution in [0.3, 0.4) is 0 Å². The van der Waals surface area contributed by atoms with E-state index in [0.29, 0.717) is 29.6 Å². The number of nitrogens with zero attached hydrogens (tertiary/aromatic N) is 1. The van der Waals surface area contributed by atoms with Crippen molar-refractivity contribution in [1.82, 2.24) is 4.31 Å². The lowest BCUT2D eigenvalue weighted by Crippen LogP contribution is -2.30. The molecule has 0 aliphatic rings. The highest BCUT2D eigenvalue weighted by molar-refractivity contribution is 8.00. The van der Waals surface area contributed by atoms with E-state index in [1.807, 2.05) is 12.1 Å². The van der Waals surface area contributed by atoms with Gasteiger partial charge in [0, 0.05) is 28.9 Å². The van der Waals surface area contributed by atoms with Crippen molar-refractivity contribution in [1.29, 1.82) is 0 Å². The Bertz CT molecular complexity index is 942. The van der Waals surface area contributed by atoms with E-state index in [1.54, 1.807) is 43.8 Å². The van der Waals surface area contributed by atoms with Crippen LogP contribution in [-0.4, -0.2) is 37.0 Å². The molecule has 0 fully saturated rings. The fourth-order valence-electron chi connectivity index (χ4n) is 2.69. The molecule has 0 radical (unpaired) electrons. The summed E-state index contributed by atoms with van der Waals surface area (Å²) in [6.45, 7) is 8.33. The molecule has 0 heterocycles. The van der Waals surface area contributed by atoms with Crippen molar-refractivity contribution < 1.29 is 13.2 Å². The molecule has 152 valence electrons. The second-order valence-corrected chi connectivity index (χ2v) is 10.3. The molecule has 2 rings (SSSR count). The van der Waals surface area contributed by atoms with Crippen LogP contribution in [-0.2, 0) is 10.0 Å². The van der Waals surface area contributed by atoms with E-state index in [4.69, 9.17) is 11.6 Å². The number of sulfonamides is 1. The number of thioether (sulfide) groups is 1. The van der Waals surface area contributed by atoms with Crippen LogP contribution in [0.25, 0.3) is 0 Å². The van der Waals surface area contributed by atoms with Gasteiger partial charge in [-0.3, -0.25) is 4.79 Å². The molecule has 8 heteroatoms. The molecule has 28 heavy (non-hydrogen) atoms. The summed E-state index contributed by atoms with van der Waals surface area (Å²) >= 11 is 7.75. The van der Waals surface area contributed by atoms with Gasteiger partial charge < -0.3 is 5.32 Å². The number of anilines is 1. The van der Waals surface area contributed by atoms with Gasteiger partial charge in [-0.2, -0.15) is 4.31 Å². The molecule has 0 aliphatic heterocycles. The fraction of sp³-hybridized carbons (Fsp3) is 0.350. The van der Waals surface area contributed by atoms with E-state index in [9.17, 15) is 13.2 Å². The summed E-state index contributed by atoms with van der Waals surface area (Å²) in [4.78, 5) is 13.7. The average Bonchev–Trinajstić information content (AvgIpc) is 2.63. The van der Waals surface area contributed by atoms with Crippen molar-refractivity contribution in [3.05, 3.63) is 53.1 Å². The number of benzene rings is 2. The number of halogens is 1. The minimum Gasteiger partial charge on any atom is -0.322 e. The highest BCUT2D eigenvalue weighted by Gasteiger charge is 2.25. The number of amides is 1. The number of rotatable bonds is 8. The van der Waals surface area contributed by atoms with E-state index >= 15 is 0 Å². The second kappa shape index (κ2) is 9.78. The molecular formula is C20H25ClN2O3S2. The van der Waals surface area contributed by atoms with Gasteiger partial charge in [0.1, 0.15) is 4.90 Å². The smallest absolute Gasteiger partial charge is 0.256 e. The quantitative estimate of drug-likeness (QED) is 0.578. The maximum Gasteiger partial charge on any atom is 0.256 e. The third-order valence-corrected chi connectivity index (χ3v) is 7.62. The molecule has 0 bridgehead atoms. The van der Waals surface area contributed by atoms with E-state index in [2.05, 4.69) is 19.2 Å².